The lowest BCUT2D eigenvalue weighted by molar-refractivity contribution is 0.770. The zero-order valence-electron chi connectivity index (χ0n) is 29.0. The van der Waals surface area contributed by atoms with Crippen LogP contribution in [0.3, 0.4) is 0 Å². The van der Waals surface area contributed by atoms with Crippen molar-refractivity contribution in [3.05, 3.63) is 199 Å². The van der Waals surface area contributed by atoms with Gasteiger partial charge in [-0.25, -0.2) is 19.9 Å². The average molecular weight is 682 g/mol. The Balaban J connectivity index is 1.01. The second-order valence-electron chi connectivity index (χ2n) is 13.8. The summed E-state index contributed by atoms with van der Waals surface area (Å²) in [7, 11) is 0. The summed E-state index contributed by atoms with van der Waals surface area (Å²) < 4.78 is 2.08. The molecule has 252 valence electrons. The smallest absolute Gasteiger partial charge is 0.165 e. The van der Waals surface area contributed by atoms with Crippen molar-refractivity contribution in [1.82, 2.24) is 24.3 Å². The minimum absolute atomic E-state index is 0.108. The fourth-order valence-electron chi connectivity index (χ4n) is 7.69. The van der Waals surface area contributed by atoms with E-state index in [0.29, 0.717) is 0 Å². The van der Waals surface area contributed by atoms with Crippen LogP contribution in [0.25, 0.3) is 61.2 Å². The molecule has 5 nitrogen and oxygen atoms in total. The van der Waals surface area contributed by atoms with E-state index in [2.05, 4.69) is 150 Å². The van der Waals surface area contributed by atoms with Crippen LogP contribution in [0.4, 0.5) is 0 Å². The number of imidazole rings is 1. The summed E-state index contributed by atoms with van der Waals surface area (Å²) in [5, 5.41) is 2.22. The third-order valence-electron chi connectivity index (χ3n) is 10.5. The molecule has 5 heteroatoms. The lowest BCUT2D eigenvalue weighted by Crippen LogP contribution is -2.09. The summed E-state index contributed by atoms with van der Waals surface area (Å²) in [5.41, 5.74) is 12.7. The van der Waals surface area contributed by atoms with E-state index in [-0.39, 0.29) is 11.8 Å². The fourth-order valence-corrected chi connectivity index (χ4v) is 7.69. The Kier molecular flexibility index (Phi) is 7.68. The number of nitrogens with zero attached hydrogens (tertiary/aromatic N) is 5. The van der Waals surface area contributed by atoms with Crippen molar-refractivity contribution in [2.24, 2.45) is 0 Å². The molecule has 8 aromatic rings. The Bertz CT molecular complexity index is 2770. The van der Waals surface area contributed by atoms with Gasteiger partial charge in [-0.05, 0) is 58.9 Å². The van der Waals surface area contributed by atoms with Crippen LogP contribution in [0.15, 0.2) is 176 Å². The van der Waals surface area contributed by atoms with Crippen LogP contribution in [0.1, 0.15) is 47.3 Å². The first-order valence-electron chi connectivity index (χ1n) is 18.3. The minimum Gasteiger partial charge on any atom is -0.284 e. The van der Waals surface area contributed by atoms with Crippen LogP contribution in [-0.4, -0.2) is 24.3 Å². The van der Waals surface area contributed by atoms with E-state index < -0.39 is 0 Å². The number of hydrogen-bond acceptors (Lipinski definition) is 4. The highest BCUT2D eigenvalue weighted by molar-refractivity contribution is 6.08. The van der Waals surface area contributed by atoms with Gasteiger partial charge in [-0.1, -0.05) is 152 Å². The predicted molar refractivity (Wildman–Crippen MR) is 216 cm³/mol. The molecule has 0 amide bonds. The molecule has 0 fully saturated rings. The van der Waals surface area contributed by atoms with Gasteiger partial charge in [0.1, 0.15) is 11.2 Å². The van der Waals surface area contributed by atoms with Gasteiger partial charge in [-0.2, -0.15) is 0 Å². The standard InChI is InChI=1S/C48H35N5/c1-3-11-32(12-4-1)34-18-22-36(23-19-34)42-31-43(50-47(49-42)39-28-20-35(21-29-39)33-13-5-2-6-14-33)37-24-26-38(27-25-37)45-40-15-7-8-16-41(40)46-48(52-45)53-30-10-9-17-44(53)51-46/h1-22,24,26-31,36-37H,23,25H2. The normalized spacial score (nSPS) is 17.0. The first-order chi connectivity index (χ1) is 26.2. The van der Waals surface area contributed by atoms with Gasteiger partial charge in [-0.15, -0.1) is 0 Å². The Morgan fingerprint density at radius 3 is 1.75 bits per heavy atom. The van der Waals surface area contributed by atoms with Crippen molar-refractivity contribution < 1.29 is 0 Å². The molecular weight excluding hydrogens is 647 g/mol. The monoisotopic (exact) mass is 681 g/mol. The number of allylic oxidation sites excluding steroid dienone is 8. The van der Waals surface area contributed by atoms with E-state index in [1.54, 1.807) is 0 Å². The molecule has 2 aliphatic rings. The highest BCUT2D eigenvalue weighted by Gasteiger charge is 2.22. The van der Waals surface area contributed by atoms with Gasteiger partial charge in [-0.3, -0.25) is 4.40 Å². The van der Waals surface area contributed by atoms with Crippen LogP contribution in [0, 0.1) is 0 Å². The molecule has 0 radical (unpaired) electrons. The molecule has 53 heavy (non-hydrogen) atoms. The largest absolute Gasteiger partial charge is 0.284 e. The van der Waals surface area contributed by atoms with Gasteiger partial charge < -0.3 is 0 Å². The third-order valence-corrected chi connectivity index (χ3v) is 10.5. The molecule has 0 aliphatic heterocycles. The maximum Gasteiger partial charge on any atom is 0.165 e. The van der Waals surface area contributed by atoms with Crippen LogP contribution < -0.4 is 0 Å². The molecule has 0 N–H and O–H groups in total. The summed E-state index contributed by atoms with van der Waals surface area (Å²) in [6, 6.07) is 46.5. The molecule has 0 bridgehead atoms. The predicted octanol–water partition coefficient (Wildman–Crippen LogP) is 11.4. The van der Waals surface area contributed by atoms with Gasteiger partial charge in [0.15, 0.2) is 11.5 Å². The van der Waals surface area contributed by atoms with E-state index in [1.807, 2.05) is 30.5 Å². The lowest BCUT2D eigenvalue weighted by Gasteiger charge is -2.21. The quantitative estimate of drug-likeness (QED) is 0.175. The van der Waals surface area contributed by atoms with Crippen molar-refractivity contribution in [2.75, 3.05) is 0 Å². The van der Waals surface area contributed by atoms with Crippen LogP contribution >= 0.6 is 0 Å². The van der Waals surface area contributed by atoms with Crippen LogP contribution in [0.5, 0.6) is 0 Å². The Morgan fingerprint density at radius 1 is 0.491 bits per heavy atom. The topological polar surface area (TPSA) is 56.0 Å². The van der Waals surface area contributed by atoms with Crippen molar-refractivity contribution in [2.45, 2.75) is 24.7 Å². The first kappa shape index (κ1) is 31.1. The Hall–Kier alpha value is -6.72. The third kappa shape index (κ3) is 5.77. The highest BCUT2D eigenvalue weighted by atomic mass is 15.1. The molecule has 2 atom stereocenters. The maximum atomic E-state index is 5.24. The lowest BCUT2D eigenvalue weighted by atomic mass is 9.88. The van der Waals surface area contributed by atoms with Gasteiger partial charge in [0.25, 0.3) is 0 Å². The molecule has 2 unspecified atom stereocenters. The van der Waals surface area contributed by atoms with Crippen molar-refractivity contribution >= 4 is 38.7 Å². The van der Waals surface area contributed by atoms with Crippen LogP contribution in [0.2, 0.25) is 0 Å². The zero-order chi connectivity index (χ0) is 35.1. The van der Waals surface area contributed by atoms with E-state index in [1.165, 1.54) is 22.3 Å². The molecule has 4 aromatic heterocycles. The molecule has 10 rings (SSSR count). The molecule has 0 saturated heterocycles. The second kappa shape index (κ2) is 13.1. The van der Waals surface area contributed by atoms with Crippen molar-refractivity contribution in [1.29, 1.82) is 0 Å². The molecule has 2 aliphatic carbocycles. The van der Waals surface area contributed by atoms with Crippen molar-refractivity contribution in [3.63, 3.8) is 0 Å². The number of fused-ring (bicyclic) bond motifs is 5. The van der Waals surface area contributed by atoms with Crippen LogP contribution in [-0.2, 0) is 0 Å². The molecule has 0 spiro atoms. The Labute approximate surface area is 308 Å². The summed E-state index contributed by atoms with van der Waals surface area (Å²) in [6.45, 7) is 0. The molecular formula is C48H35N5. The summed E-state index contributed by atoms with van der Waals surface area (Å²) in [4.78, 5) is 20.6. The molecule has 0 saturated carbocycles. The SMILES string of the molecule is C1=CC(c2cc(C3C=CC(c4nc5c(nc6ccccn65)c5ccccc45)=CC3)nc(-c3ccc(-c4ccccc4)cc3)n2)CC=C1c1ccccc1. The van der Waals surface area contributed by atoms with Gasteiger partial charge in [0, 0.05) is 34.4 Å². The number of hydrogen-bond donors (Lipinski definition) is 0. The Morgan fingerprint density at radius 2 is 1.08 bits per heavy atom. The highest BCUT2D eigenvalue weighted by Crippen LogP contribution is 2.37. The maximum absolute atomic E-state index is 5.24. The zero-order valence-corrected chi connectivity index (χ0v) is 29.0. The van der Waals surface area contributed by atoms with Gasteiger partial charge >= 0.3 is 0 Å². The summed E-state index contributed by atoms with van der Waals surface area (Å²) >= 11 is 0. The van der Waals surface area contributed by atoms with E-state index in [9.17, 15) is 0 Å². The van der Waals surface area contributed by atoms with E-state index >= 15 is 0 Å². The number of pyridine rings is 2. The minimum atomic E-state index is 0.108. The number of aromatic nitrogens is 5. The fraction of sp³-hybridized carbons (Fsp3) is 0.0833. The van der Waals surface area contributed by atoms with E-state index in [0.717, 1.165) is 74.5 Å². The summed E-state index contributed by atoms with van der Waals surface area (Å²) in [5.74, 6) is 1.03. The first-order valence-corrected chi connectivity index (χ1v) is 18.3. The number of rotatable bonds is 6. The molecule has 4 aromatic carbocycles. The average Bonchev–Trinajstić information content (AvgIpc) is 3.63. The number of benzene rings is 4. The van der Waals surface area contributed by atoms with Gasteiger partial charge in [0.05, 0.1) is 17.1 Å². The summed E-state index contributed by atoms with van der Waals surface area (Å²) in [6.07, 6.45) is 17.5. The molecule has 4 heterocycles. The van der Waals surface area contributed by atoms with E-state index in [4.69, 9.17) is 19.9 Å². The second-order valence-corrected chi connectivity index (χ2v) is 13.8. The van der Waals surface area contributed by atoms with Crippen molar-refractivity contribution in [3.8, 4) is 22.5 Å². The van der Waals surface area contributed by atoms with Gasteiger partial charge in [0.2, 0.25) is 0 Å².